The molecule has 2 fully saturated rings. The second-order valence-electron chi connectivity index (χ2n) is 9.34. The predicted molar refractivity (Wildman–Crippen MR) is 114 cm³/mol. The number of hydrogen-bond donors (Lipinski definition) is 0. The topological polar surface area (TPSA) is 26.3 Å². The molecule has 0 spiro atoms. The van der Waals surface area contributed by atoms with Crippen LogP contribution in [0.15, 0.2) is 36.9 Å². The van der Waals surface area contributed by atoms with E-state index in [1.807, 2.05) is 6.08 Å². The van der Waals surface area contributed by atoms with Gasteiger partial charge in [0.05, 0.1) is 5.56 Å². The first kappa shape index (κ1) is 25.3. The number of ether oxygens (including phenoxy) is 1. The van der Waals surface area contributed by atoms with E-state index in [2.05, 4.69) is 11.3 Å². The molecule has 2 nitrogen and oxygen atoms in total. The summed E-state index contributed by atoms with van der Waals surface area (Å²) in [6.45, 7) is 3.86. The summed E-state index contributed by atoms with van der Waals surface area (Å²) < 4.78 is 100. The molecule has 4 unspecified atom stereocenters. The summed E-state index contributed by atoms with van der Waals surface area (Å²) in [5, 5.41) is 0. The molecule has 4 atom stereocenters. The van der Waals surface area contributed by atoms with E-state index in [0.29, 0.717) is 30.6 Å². The van der Waals surface area contributed by atoms with Crippen LogP contribution in [0, 0.1) is 41.0 Å². The van der Waals surface area contributed by atoms with Crippen LogP contribution in [0.2, 0.25) is 0 Å². The fourth-order valence-corrected chi connectivity index (χ4v) is 5.54. The summed E-state index contributed by atoms with van der Waals surface area (Å²) in [6, 6.07) is 1.92. The molecular weight excluding hydrogens is 477 g/mol. The molecule has 2 saturated carbocycles. The van der Waals surface area contributed by atoms with Crippen molar-refractivity contribution in [2.24, 2.45) is 17.8 Å². The van der Waals surface area contributed by atoms with Crippen LogP contribution in [0.5, 0.6) is 5.75 Å². The van der Waals surface area contributed by atoms with Crippen molar-refractivity contribution in [1.82, 2.24) is 0 Å². The van der Waals surface area contributed by atoms with Crippen LogP contribution in [-0.4, -0.2) is 5.97 Å². The number of hydrogen-bond acceptors (Lipinski definition) is 2. The first-order valence-corrected chi connectivity index (χ1v) is 11.4. The van der Waals surface area contributed by atoms with Crippen LogP contribution in [0.4, 0.5) is 30.7 Å². The van der Waals surface area contributed by atoms with E-state index in [1.165, 1.54) is 0 Å². The number of carbonyl (C=O) groups excluding carboxylic acids is 1. The highest BCUT2D eigenvalue weighted by atomic mass is 19.4. The molecule has 0 aliphatic heterocycles. The third kappa shape index (κ3) is 5.23. The molecule has 9 heteroatoms. The lowest BCUT2D eigenvalue weighted by molar-refractivity contribution is -0.142. The van der Waals surface area contributed by atoms with Gasteiger partial charge in [0.25, 0.3) is 0 Å². The second-order valence-corrected chi connectivity index (χ2v) is 9.34. The maximum Gasteiger partial charge on any atom is 0.422 e. The van der Waals surface area contributed by atoms with Gasteiger partial charge >= 0.3 is 12.1 Å². The molecule has 2 aromatic carbocycles. The van der Waals surface area contributed by atoms with Gasteiger partial charge in [-0.1, -0.05) is 6.08 Å². The molecule has 0 aromatic heterocycles. The van der Waals surface area contributed by atoms with E-state index in [1.54, 1.807) is 0 Å². The number of allylic oxidation sites excluding steroid dienone is 1. The van der Waals surface area contributed by atoms with Gasteiger partial charge < -0.3 is 4.74 Å². The smallest absolute Gasteiger partial charge is 0.422 e. The van der Waals surface area contributed by atoms with Crippen molar-refractivity contribution in [1.29, 1.82) is 0 Å². The van der Waals surface area contributed by atoms with Gasteiger partial charge in [0.15, 0.2) is 0 Å². The molecule has 188 valence electrons. The molecule has 0 bridgehead atoms. The van der Waals surface area contributed by atoms with Crippen molar-refractivity contribution in [2.45, 2.75) is 50.6 Å². The van der Waals surface area contributed by atoms with E-state index < -0.39 is 52.3 Å². The van der Waals surface area contributed by atoms with Crippen molar-refractivity contribution in [3.8, 4) is 5.75 Å². The number of alkyl halides is 3. The van der Waals surface area contributed by atoms with Gasteiger partial charge in [-0.25, -0.2) is 22.4 Å². The summed E-state index contributed by atoms with van der Waals surface area (Å²) in [5.41, 5.74) is -2.81. The average molecular weight is 500 g/mol. The molecular formula is C26H23F7O2. The highest BCUT2D eigenvalue weighted by molar-refractivity contribution is 5.91. The Morgan fingerprint density at radius 1 is 0.857 bits per heavy atom. The predicted octanol–water partition coefficient (Wildman–Crippen LogP) is 7.97. The molecule has 0 amide bonds. The van der Waals surface area contributed by atoms with Crippen molar-refractivity contribution in [2.75, 3.05) is 0 Å². The Bertz CT molecular complexity index is 1090. The van der Waals surface area contributed by atoms with Crippen molar-refractivity contribution in [3.05, 3.63) is 76.9 Å². The van der Waals surface area contributed by atoms with E-state index in [4.69, 9.17) is 0 Å². The molecule has 0 saturated heterocycles. The van der Waals surface area contributed by atoms with Crippen LogP contribution >= 0.6 is 0 Å². The monoisotopic (exact) mass is 500 g/mol. The molecule has 35 heavy (non-hydrogen) atoms. The summed E-state index contributed by atoms with van der Waals surface area (Å²) in [5.74, 6) is -7.09. The highest BCUT2D eigenvalue weighted by Gasteiger charge is 2.39. The van der Waals surface area contributed by atoms with E-state index >= 15 is 0 Å². The molecule has 0 heterocycles. The molecule has 2 aromatic rings. The van der Waals surface area contributed by atoms with E-state index in [0.717, 1.165) is 37.8 Å². The largest absolute Gasteiger partial charge is 0.423 e. The van der Waals surface area contributed by atoms with Crippen LogP contribution < -0.4 is 4.74 Å². The normalized spacial score (nSPS) is 24.5. The van der Waals surface area contributed by atoms with Gasteiger partial charge in [0, 0.05) is 17.7 Å². The SMILES string of the molecule is C=CC1CCC2CC(c3c(F)cc(C(=O)Oc4cc(F)c(C(F)(F)F)c(F)c4)cc3F)CCC2C1. The van der Waals surface area contributed by atoms with Crippen LogP contribution in [-0.2, 0) is 6.18 Å². The maximum atomic E-state index is 14.9. The molecule has 2 aliphatic rings. The summed E-state index contributed by atoms with van der Waals surface area (Å²) in [6.07, 6.45) is 1.75. The quantitative estimate of drug-likeness (QED) is 0.184. The number of halogens is 7. The van der Waals surface area contributed by atoms with Crippen LogP contribution in [0.25, 0.3) is 0 Å². The number of rotatable bonds is 4. The number of benzene rings is 2. The van der Waals surface area contributed by atoms with Crippen molar-refractivity contribution >= 4 is 5.97 Å². The van der Waals surface area contributed by atoms with E-state index in [-0.39, 0.29) is 23.6 Å². The average Bonchev–Trinajstić information content (AvgIpc) is 2.76. The Morgan fingerprint density at radius 2 is 1.43 bits per heavy atom. The van der Waals surface area contributed by atoms with Crippen LogP contribution in [0.3, 0.4) is 0 Å². The number of carbonyl (C=O) groups is 1. The third-order valence-electron chi connectivity index (χ3n) is 7.22. The summed E-state index contributed by atoms with van der Waals surface area (Å²) >= 11 is 0. The van der Waals surface area contributed by atoms with Gasteiger partial charge in [0.2, 0.25) is 0 Å². The van der Waals surface area contributed by atoms with Crippen molar-refractivity contribution < 1.29 is 40.3 Å². The van der Waals surface area contributed by atoms with Gasteiger partial charge in [0.1, 0.15) is 34.6 Å². The molecule has 4 rings (SSSR count). The highest BCUT2D eigenvalue weighted by Crippen LogP contribution is 2.48. The number of esters is 1. The van der Waals surface area contributed by atoms with Gasteiger partial charge in [-0.3, -0.25) is 0 Å². The molecule has 0 N–H and O–H groups in total. The minimum atomic E-state index is -5.29. The summed E-state index contributed by atoms with van der Waals surface area (Å²) in [4.78, 5) is 12.3. The van der Waals surface area contributed by atoms with Crippen molar-refractivity contribution in [3.63, 3.8) is 0 Å². The lowest BCUT2D eigenvalue weighted by Crippen LogP contribution is -2.30. The van der Waals surface area contributed by atoms with E-state index in [9.17, 15) is 35.5 Å². The standard InChI is InChI=1S/C26H23F7O2/c1-2-13-3-4-15-8-16(6-5-14(15)7-13)23-19(27)9-17(10-20(23)28)25(34)35-18-11-21(29)24(22(30)12-18)26(31,32)33/h2,9-16H,1,3-8H2. The first-order chi connectivity index (χ1) is 16.5. The Morgan fingerprint density at radius 3 is 2.00 bits per heavy atom. The fraction of sp³-hybridized carbons (Fsp3) is 0.423. The lowest BCUT2D eigenvalue weighted by Gasteiger charge is -2.41. The summed E-state index contributed by atoms with van der Waals surface area (Å²) in [7, 11) is 0. The molecule has 2 aliphatic carbocycles. The maximum absolute atomic E-state index is 14.9. The Balaban J connectivity index is 1.50. The first-order valence-electron chi connectivity index (χ1n) is 11.4. The second kappa shape index (κ2) is 9.66. The van der Waals surface area contributed by atoms with Gasteiger partial charge in [-0.2, -0.15) is 13.2 Å². The zero-order valence-corrected chi connectivity index (χ0v) is 18.6. The zero-order valence-electron chi connectivity index (χ0n) is 18.6. The minimum Gasteiger partial charge on any atom is -0.423 e. The minimum absolute atomic E-state index is 0.113. The third-order valence-corrected chi connectivity index (χ3v) is 7.22. The van der Waals surface area contributed by atoms with Crippen LogP contribution in [0.1, 0.15) is 65.9 Å². The number of fused-ring (bicyclic) bond motifs is 1. The Hall–Kier alpha value is -2.84. The fourth-order valence-electron chi connectivity index (χ4n) is 5.54. The lowest BCUT2D eigenvalue weighted by atomic mass is 9.64. The Kier molecular flexibility index (Phi) is 6.97. The zero-order chi connectivity index (χ0) is 25.5. The van der Waals surface area contributed by atoms with Gasteiger partial charge in [-0.05, 0) is 74.3 Å². The molecule has 0 radical (unpaired) electrons. The van der Waals surface area contributed by atoms with Gasteiger partial charge in [-0.15, -0.1) is 6.58 Å². The Labute approximate surface area is 197 Å².